The van der Waals surface area contributed by atoms with Gasteiger partial charge in [0.05, 0.1) is 13.5 Å². The third-order valence-electron chi connectivity index (χ3n) is 4.70. The zero-order chi connectivity index (χ0) is 25.8. The first-order valence-electron chi connectivity index (χ1n) is 11.2. The van der Waals surface area contributed by atoms with Gasteiger partial charge < -0.3 is 24.8 Å². The molecule has 0 aliphatic rings. The molecule has 0 radical (unpaired) electrons. The molecule has 2 N–H and O–H groups in total. The number of carbonyl (C=O) groups is 4. The van der Waals surface area contributed by atoms with Crippen LogP contribution in [-0.2, 0) is 41.6 Å². The van der Waals surface area contributed by atoms with E-state index in [0.717, 1.165) is 18.2 Å². The Morgan fingerprint density at radius 2 is 1.40 bits per heavy atom. The maximum Gasteiger partial charge on any atom is 0.408 e. The Bertz CT molecular complexity index is 988. The molecule has 0 heterocycles. The second-order valence-electron chi connectivity index (χ2n) is 8.82. The number of carbonyl (C=O) groups excluding carboxylic acids is 4. The van der Waals surface area contributed by atoms with Crippen LogP contribution in [0.2, 0.25) is 0 Å². The summed E-state index contributed by atoms with van der Waals surface area (Å²) in [7, 11) is 1.15. The Kier molecular flexibility index (Phi) is 10.3. The summed E-state index contributed by atoms with van der Waals surface area (Å²) in [6.07, 6.45) is -1.09. The molecule has 2 aromatic rings. The Morgan fingerprint density at radius 1 is 0.829 bits per heavy atom. The minimum Gasteiger partial charge on any atom is -0.467 e. The van der Waals surface area contributed by atoms with Gasteiger partial charge in [-0.05, 0) is 31.9 Å². The minimum atomic E-state index is -1.29. The standard InChI is InChI=1S/C26H32N2O7/c1-26(2,3)35-22(29)16-21(24(31)33-4)27-23(30)20(15-18-11-7-5-8-12-18)28-25(32)34-17-19-13-9-6-10-14-19/h5-14,20-21H,15-17H2,1-4H3,(H,27,30)(H,28,32)/t20-,21-/m1/s1. The monoisotopic (exact) mass is 484 g/mol. The molecule has 0 aromatic heterocycles. The van der Waals surface area contributed by atoms with Gasteiger partial charge in [0, 0.05) is 6.42 Å². The lowest BCUT2D eigenvalue weighted by Gasteiger charge is -2.24. The van der Waals surface area contributed by atoms with Crippen LogP contribution in [0.5, 0.6) is 0 Å². The number of methoxy groups -OCH3 is 1. The van der Waals surface area contributed by atoms with E-state index in [1.54, 1.807) is 57.2 Å². The summed E-state index contributed by atoms with van der Waals surface area (Å²) in [6, 6.07) is 15.8. The summed E-state index contributed by atoms with van der Waals surface area (Å²) < 4.78 is 15.2. The van der Waals surface area contributed by atoms with Crippen LogP contribution in [0.3, 0.4) is 0 Å². The molecule has 0 saturated carbocycles. The highest BCUT2D eigenvalue weighted by Gasteiger charge is 2.31. The lowest BCUT2D eigenvalue weighted by atomic mass is 10.0. The van der Waals surface area contributed by atoms with E-state index in [-0.39, 0.29) is 13.0 Å². The Morgan fingerprint density at radius 3 is 1.94 bits per heavy atom. The number of alkyl carbamates (subject to hydrolysis) is 1. The van der Waals surface area contributed by atoms with E-state index in [9.17, 15) is 19.2 Å². The molecule has 0 unspecified atom stereocenters. The van der Waals surface area contributed by atoms with Crippen LogP contribution in [0.1, 0.15) is 38.3 Å². The summed E-state index contributed by atoms with van der Waals surface area (Å²) in [4.78, 5) is 50.1. The largest absolute Gasteiger partial charge is 0.467 e. The number of hydrogen-bond acceptors (Lipinski definition) is 7. The molecule has 2 rings (SSSR count). The molecule has 188 valence electrons. The molecule has 0 aliphatic carbocycles. The summed E-state index contributed by atoms with van der Waals surface area (Å²) in [6.45, 7) is 5.10. The number of amides is 2. The number of nitrogens with one attached hydrogen (secondary N) is 2. The fraction of sp³-hybridized carbons (Fsp3) is 0.385. The van der Waals surface area contributed by atoms with Gasteiger partial charge in [0.2, 0.25) is 5.91 Å². The quantitative estimate of drug-likeness (QED) is 0.393. The van der Waals surface area contributed by atoms with Crippen molar-refractivity contribution in [2.24, 2.45) is 0 Å². The average Bonchev–Trinajstić information content (AvgIpc) is 2.81. The Balaban J connectivity index is 2.11. The number of esters is 2. The molecule has 9 heteroatoms. The van der Waals surface area contributed by atoms with Crippen LogP contribution in [0.4, 0.5) is 4.79 Å². The van der Waals surface area contributed by atoms with Gasteiger partial charge in [-0.1, -0.05) is 60.7 Å². The predicted molar refractivity (Wildman–Crippen MR) is 128 cm³/mol. The smallest absolute Gasteiger partial charge is 0.408 e. The van der Waals surface area contributed by atoms with E-state index in [0.29, 0.717) is 0 Å². The van der Waals surface area contributed by atoms with Crippen LogP contribution < -0.4 is 10.6 Å². The lowest BCUT2D eigenvalue weighted by molar-refractivity contribution is -0.159. The first kappa shape index (κ1) is 27.4. The molecule has 2 aromatic carbocycles. The van der Waals surface area contributed by atoms with Crippen molar-refractivity contribution in [3.05, 3.63) is 71.8 Å². The third-order valence-corrected chi connectivity index (χ3v) is 4.70. The van der Waals surface area contributed by atoms with E-state index in [4.69, 9.17) is 14.2 Å². The zero-order valence-corrected chi connectivity index (χ0v) is 20.4. The van der Waals surface area contributed by atoms with Crippen molar-refractivity contribution in [2.45, 2.75) is 57.9 Å². The molecule has 9 nitrogen and oxygen atoms in total. The van der Waals surface area contributed by atoms with Crippen molar-refractivity contribution in [1.82, 2.24) is 10.6 Å². The van der Waals surface area contributed by atoms with Gasteiger partial charge in [-0.25, -0.2) is 9.59 Å². The van der Waals surface area contributed by atoms with Crippen molar-refractivity contribution >= 4 is 23.9 Å². The zero-order valence-electron chi connectivity index (χ0n) is 20.4. The highest BCUT2D eigenvalue weighted by molar-refractivity contribution is 5.91. The molecular weight excluding hydrogens is 452 g/mol. The van der Waals surface area contributed by atoms with Crippen LogP contribution in [-0.4, -0.2) is 48.7 Å². The summed E-state index contributed by atoms with van der Waals surface area (Å²) in [5, 5.41) is 5.05. The topological polar surface area (TPSA) is 120 Å². The van der Waals surface area contributed by atoms with E-state index in [2.05, 4.69) is 10.6 Å². The third kappa shape index (κ3) is 10.3. The molecule has 2 amide bonds. The normalized spacial score (nSPS) is 12.6. The highest BCUT2D eigenvalue weighted by atomic mass is 16.6. The van der Waals surface area contributed by atoms with Gasteiger partial charge >= 0.3 is 18.0 Å². The molecule has 2 atom stereocenters. The van der Waals surface area contributed by atoms with Gasteiger partial charge in [0.25, 0.3) is 0 Å². The van der Waals surface area contributed by atoms with Crippen molar-refractivity contribution in [3.8, 4) is 0 Å². The Hall–Kier alpha value is -3.88. The molecule has 0 fully saturated rings. The van der Waals surface area contributed by atoms with E-state index < -0.39 is 48.0 Å². The average molecular weight is 485 g/mol. The fourth-order valence-electron chi connectivity index (χ4n) is 3.12. The molecule has 0 bridgehead atoms. The maximum atomic E-state index is 13.1. The molecule has 0 aliphatic heterocycles. The van der Waals surface area contributed by atoms with Gasteiger partial charge in [-0.15, -0.1) is 0 Å². The molecule has 0 spiro atoms. The van der Waals surface area contributed by atoms with Gasteiger partial charge in [-0.2, -0.15) is 0 Å². The first-order valence-corrected chi connectivity index (χ1v) is 11.2. The van der Waals surface area contributed by atoms with Crippen molar-refractivity contribution in [3.63, 3.8) is 0 Å². The van der Waals surface area contributed by atoms with E-state index in [1.807, 2.05) is 24.3 Å². The van der Waals surface area contributed by atoms with Crippen molar-refractivity contribution < 1.29 is 33.4 Å². The molecule has 0 saturated heterocycles. The van der Waals surface area contributed by atoms with Gasteiger partial charge in [0.1, 0.15) is 24.3 Å². The van der Waals surface area contributed by atoms with Crippen molar-refractivity contribution in [2.75, 3.05) is 7.11 Å². The molecule has 35 heavy (non-hydrogen) atoms. The van der Waals surface area contributed by atoms with E-state index >= 15 is 0 Å². The second kappa shape index (κ2) is 13.1. The number of benzene rings is 2. The highest BCUT2D eigenvalue weighted by Crippen LogP contribution is 2.11. The minimum absolute atomic E-state index is 0.0236. The lowest BCUT2D eigenvalue weighted by Crippen LogP contribution is -2.53. The second-order valence-corrected chi connectivity index (χ2v) is 8.82. The summed E-state index contributed by atoms with van der Waals surface area (Å²) in [5.74, 6) is -2.16. The fourth-order valence-corrected chi connectivity index (χ4v) is 3.12. The van der Waals surface area contributed by atoms with Crippen LogP contribution in [0.25, 0.3) is 0 Å². The Labute approximate surface area is 205 Å². The van der Waals surface area contributed by atoms with Crippen molar-refractivity contribution in [1.29, 1.82) is 0 Å². The van der Waals surface area contributed by atoms with Crippen LogP contribution in [0.15, 0.2) is 60.7 Å². The van der Waals surface area contributed by atoms with Crippen LogP contribution in [0, 0.1) is 0 Å². The summed E-state index contributed by atoms with van der Waals surface area (Å²) in [5.41, 5.74) is 0.800. The summed E-state index contributed by atoms with van der Waals surface area (Å²) >= 11 is 0. The van der Waals surface area contributed by atoms with E-state index in [1.165, 1.54) is 0 Å². The first-order chi connectivity index (χ1) is 16.6. The number of hydrogen-bond donors (Lipinski definition) is 2. The SMILES string of the molecule is COC(=O)[C@@H](CC(=O)OC(C)(C)C)NC(=O)[C@@H](Cc1ccccc1)NC(=O)OCc1ccccc1. The maximum absolute atomic E-state index is 13.1. The van der Waals surface area contributed by atoms with Crippen LogP contribution >= 0.6 is 0 Å². The number of ether oxygens (including phenoxy) is 3. The number of rotatable bonds is 10. The predicted octanol–water partition coefficient (Wildman–Crippen LogP) is 2.91. The van der Waals surface area contributed by atoms with Gasteiger partial charge in [0.15, 0.2) is 0 Å². The van der Waals surface area contributed by atoms with Gasteiger partial charge in [-0.3, -0.25) is 9.59 Å². The molecular formula is C26H32N2O7.